The lowest BCUT2D eigenvalue weighted by Gasteiger charge is -2.06. The number of carbonyl (C=O) groups is 2. The van der Waals surface area contributed by atoms with Crippen molar-refractivity contribution < 1.29 is 14.3 Å². The molecular formula is C13H13N3O3. The summed E-state index contributed by atoms with van der Waals surface area (Å²) in [6.07, 6.45) is 1.29. The molecule has 0 bridgehead atoms. The second kappa shape index (κ2) is 5.43. The number of aldehydes is 1. The molecule has 1 aromatic heterocycles. The maximum atomic E-state index is 11.5. The molecule has 0 saturated heterocycles. The first-order valence-electron chi connectivity index (χ1n) is 5.79. The third-order valence-electron chi connectivity index (χ3n) is 2.75. The Morgan fingerprint density at radius 3 is 2.89 bits per heavy atom. The predicted octanol–water partition coefficient (Wildman–Crippen LogP) is 1.43. The Labute approximate surface area is 110 Å². The summed E-state index contributed by atoms with van der Waals surface area (Å²) < 4.78 is 6.22. The van der Waals surface area contributed by atoms with E-state index in [1.807, 2.05) is 6.92 Å². The van der Waals surface area contributed by atoms with Gasteiger partial charge in [-0.1, -0.05) is 18.2 Å². The van der Waals surface area contributed by atoms with Gasteiger partial charge in [0.05, 0.1) is 24.1 Å². The minimum Gasteiger partial charge on any atom is -0.465 e. The summed E-state index contributed by atoms with van der Waals surface area (Å²) in [5.41, 5.74) is 2.11. The van der Waals surface area contributed by atoms with Crippen LogP contribution in [0.4, 0.5) is 0 Å². The normalized spacial score (nSPS) is 10.2. The van der Waals surface area contributed by atoms with Gasteiger partial charge >= 0.3 is 5.97 Å². The van der Waals surface area contributed by atoms with E-state index in [2.05, 4.69) is 15.0 Å². The molecule has 0 aliphatic rings. The van der Waals surface area contributed by atoms with Crippen LogP contribution >= 0.6 is 0 Å². The molecule has 0 spiro atoms. The largest absolute Gasteiger partial charge is 0.465 e. The van der Waals surface area contributed by atoms with Crippen LogP contribution in [0.1, 0.15) is 33.5 Å². The van der Waals surface area contributed by atoms with E-state index in [9.17, 15) is 9.59 Å². The lowest BCUT2D eigenvalue weighted by molar-refractivity contribution is 0.0600. The number of methoxy groups -OCH3 is 1. The van der Waals surface area contributed by atoms with Crippen LogP contribution < -0.4 is 0 Å². The lowest BCUT2D eigenvalue weighted by atomic mass is 10.2. The Morgan fingerprint density at radius 2 is 2.26 bits per heavy atom. The van der Waals surface area contributed by atoms with Crippen molar-refractivity contribution in [2.75, 3.05) is 7.11 Å². The highest BCUT2D eigenvalue weighted by atomic mass is 16.5. The number of nitrogens with zero attached hydrogens (tertiary/aromatic N) is 3. The van der Waals surface area contributed by atoms with Crippen molar-refractivity contribution in [1.82, 2.24) is 15.0 Å². The van der Waals surface area contributed by atoms with Crippen molar-refractivity contribution >= 4 is 12.3 Å². The van der Waals surface area contributed by atoms with Gasteiger partial charge in [-0.2, -0.15) is 0 Å². The van der Waals surface area contributed by atoms with Crippen molar-refractivity contribution in [2.45, 2.75) is 13.3 Å². The summed E-state index contributed by atoms with van der Waals surface area (Å²) in [7, 11) is 1.33. The number of esters is 1. The molecule has 0 aliphatic carbocycles. The van der Waals surface area contributed by atoms with E-state index in [1.165, 1.54) is 7.11 Å². The zero-order valence-electron chi connectivity index (χ0n) is 10.7. The standard InChI is InChI=1S/C13H13N3O3/c1-3-12-11(8-17)14-15-16(12)10-6-4-5-9(7-10)13(18)19-2/h4-8H,3H2,1-2H3. The van der Waals surface area contributed by atoms with Gasteiger partial charge in [-0.25, -0.2) is 9.48 Å². The molecule has 0 amide bonds. The number of rotatable bonds is 4. The topological polar surface area (TPSA) is 74.1 Å². The molecule has 1 heterocycles. The fourth-order valence-corrected chi connectivity index (χ4v) is 1.83. The van der Waals surface area contributed by atoms with E-state index in [4.69, 9.17) is 0 Å². The van der Waals surface area contributed by atoms with E-state index in [0.29, 0.717) is 35.3 Å². The van der Waals surface area contributed by atoms with E-state index in [0.717, 1.165) is 0 Å². The summed E-state index contributed by atoms with van der Waals surface area (Å²) in [5, 5.41) is 7.74. The Bertz CT molecular complexity index is 619. The van der Waals surface area contributed by atoms with Gasteiger partial charge in [0.2, 0.25) is 0 Å². The maximum absolute atomic E-state index is 11.5. The molecule has 0 aliphatic heterocycles. The first-order chi connectivity index (χ1) is 9.21. The number of aromatic nitrogens is 3. The Kier molecular flexibility index (Phi) is 3.70. The summed E-state index contributed by atoms with van der Waals surface area (Å²) in [4.78, 5) is 22.4. The van der Waals surface area contributed by atoms with Gasteiger partial charge in [-0.15, -0.1) is 5.10 Å². The van der Waals surface area contributed by atoms with Crippen LogP contribution in [0.3, 0.4) is 0 Å². The van der Waals surface area contributed by atoms with Gasteiger partial charge in [0.1, 0.15) is 5.69 Å². The van der Waals surface area contributed by atoms with Crippen LogP contribution in [0.5, 0.6) is 0 Å². The van der Waals surface area contributed by atoms with Gasteiger partial charge in [-0.05, 0) is 24.6 Å². The molecular weight excluding hydrogens is 246 g/mol. The SMILES string of the molecule is CCc1c(C=O)nnn1-c1cccc(C(=O)OC)c1. The van der Waals surface area contributed by atoms with Crippen molar-refractivity contribution in [1.29, 1.82) is 0 Å². The molecule has 0 radical (unpaired) electrons. The van der Waals surface area contributed by atoms with Crippen LogP contribution in [0.2, 0.25) is 0 Å². The molecule has 19 heavy (non-hydrogen) atoms. The van der Waals surface area contributed by atoms with Crippen LogP contribution in [0, 0.1) is 0 Å². The zero-order valence-corrected chi connectivity index (χ0v) is 10.7. The predicted molar refractivity (Wildman–Crippen MR) is 67.5 cm³/mol. The van der Waals surface area contributed by atoms with E-state index >= 15 is 0 Å². The number of ether oxygens (including phenoxy) is 1. The highest BCUT2D eigenvalue weighted by molar-refractivity contribution is 5.89. The van der Waals surface area contributed by atoms with Gasteiger partial charge in [0.25, 0.3) is 0 Å². The fourth-order valence-electron chi connectivity index (χ4n) is 1.83. The monoisotopic (exact) mass is 259 g/mol. The lowest BCUT2D eigenvalue weighted by Crippen LogP contribution is -2.06. The van der Waals surface area contributed by atoms with Crippen LogP contribution in [-0.2, 0) is 11.2 Å². The van der Waals surface area contributed by atoms with E-state index < -0.39 is 5.97 Å². The average molecular weight is 259 g/mol. The second-order valence-electron chi connectivity index (χ2n) is 3.85. The Morgan fingerprint density at radius 1 is 1.47 bits per heavy atom. The molecule has 6 nitrogen and oxygen atoms in total. The molecule has 2 rings (SSSR count). The molecule has 0 fully saturated rings. The number of benzene rings is 1. The first kappa shape index (κ1) is 12.9. The molecule has 2 aromatic rings. The van der Waals surface area contributed by atoms with Crippen LogP contribution in [0.15, 0.2) is 24.3 Å². The van der Waals surface area contributed by atoms with Crippen LogP contribution in [0.25, 0.3) is 5.69 Å². The molecule has 6 heteroatoms. The summed E-state index contributed by atoms with van der Waals surface area (Å²) in [5.74, 6) is -0.421. The minimum atomic E-state index is -0.421. The van der Waals surface area contributed by atoms with Crippen molar-refractivity contribution in [3.05, 3.63) is 41.2 Å². The summed E-state index contributed by atoms with van der Waals surface area (Å²) >= 11 is 0. The molecule has 0 N–H and O–H groups in total. The molecule has 98 valence electrons. The Balaban J connectivity index is 2.50. The Hall–Kier alpha value is -2.50. The molecule has 0 saturated carbocycles. The van der Waals surface area contributed by atoms with Crippen molar-refractivity contribution in [2.24, 2.45) is 0 Å². The zero-order chi connectivity index (χ0) is 13.8. The van der Waals surface area contributed by atoms with Crippen LogP contribution in [-0.4, -0.2) is 34.4 Å². The summed E-state index contributed by atoms with van der Waals surface area (Å²) in [6, 6.07) is 6.81. The fraction of sp³-hybridized carbons (Fsp3) is 0.231. The quantitative estimate of drug-likeness (QED) is 0.613. The summed E-state index contributed by atoms with van der Waals surface area (Å²) in [6.45, 7) is 1.91. The number of hydrogen-bond donors (Lipinski definition) is 0. The number of hydrogen-bond acceptors (Lipinski definition) is 5. The van der Waals surface area contributed by atoms with Crippen molar-refractivity contribution in [3.63, 3.8) is 0 Å². The van der Waals surface area contributed by atoms with Gasteiger partial charge < -0.3 is 4.74 Å². The minimum absolute atomic E-state index is 0.311. The van der Waals surface area contributed by atoms with E-state index in [-0.39, 0.29) is 0 Å². The highest BCUT2D eigenvalue weighted by Gasteiger charge is 2.13. The molecule has 0 unspecified atom stereocenters. The maximum Gasteiger partial charge on any atom is 0.337 e. The van der Waals surface area contributed by atoms with Gasteiger partial charge in [-0.3, -0.25) is 4.79 Å². The van der Waals surface area contributed by atoms with E-state index in [1.54, 1.807) is 28.9 Å². The first-order valence-corrected chi connectivity index (χ1v) is 5.79. The molecule has 0 atom stereocenters. The average Bonchev–Trinajstić information content (AvgIpc) is 2.89. The van der Waals surface area contributed by atoms with Gasteiger partial charge in [0, 0.05) is 0 Å². The highest BCUT2D eigenvalue weighted by Crippen LogP contribution is 2.15. The van der Waals surface area contributed by atoms with Gasteiger partial charge in [0.15, 0.2) is 6.29 Å². The third-order valence-corrected chi connectivity index (χ3v) is 2.75. The smallest absolute Gasteiger partial charge is 0.337 e. The molecule has 1 aromatic carbocycles. The third kappa shape index (κ3) is 2.37. The second-order valence-corrected chi connectivity index (χ2v) is 3.85. The number of carbonyl (C=O) groups excluding carboxylic acids is 2. The van der Waals surface area contributed by atoms with Crippen molar-refractivity contribution in [3.8, 4) is 5.69 Å².